The molecule has 2 amide bonds. The van der Waals surface area contributed by atoms with Crippen LogP contribution in [0.1, 0.15) is 54.5 Å². The molecule has 2 aromatic rings. The van der Waals surface area contributed by atoms with E-state index < -0.39 is 15.9 Å². The molecule has 3 aliphatic rings. The molecule has 1 unspecified atom stereocenters. The van der Waals surface area contributed by atoms with Gasteiger partial charge in [0.2, 0.25) is 5.88 Å². The number of ether oxygens (including phenoxy) is 1. The van der Waals surface area contributed by atoms with Crippen LogP contribution >= 0.6 is 0 Å². The molecule has 3 atom stereocenters. The Morgan fingerprint density at radius 2 is 2.21 bits per heavy atom. The molecule has 0 radical (unpaired) electrons. The Hall–Kier alpha value is -2.39. The molecule has 5 rings (SSSR count). The van der Waals surface area contributed by atoms with Crippen molar-refractivity contribution < 1.29 is 13.7 Å². The van der Waals surface area contributed by atoms with E-state index in [2.05, 4.69) is 27.8 Å². The van der Waals surface area contributed by atoms with E-state index in [0.717, 1.165) is 31.4 Å². The van der Waals surface area contributed by atoms with Crippen LogP contribution in [0.2, 0.25) is 0 Å². The van der Waals surface area contributed by atoms with Crippen molar-refractivity contribution >= 4 is 21.6 Å². The molecule has 1 aromatic heterocycles. The van der Waals surface area contributed by atoms with E-state index in [4.69, 9.17) is 9.88 Å². The second-order valence-corrected chi connectivity index (χ2v) is 9.69. The van der Waals surface area contributed by atoms with Gasteiger partial charge < -0.3 is 10.1 Å². The molecule has 28 heavy (non-hydrogen) atoms. The Morgan fingerprint density at radius 3 is 3.00 bits per heavy atom. The van der Waals surface area contributed by atoms with E-state index in [9.17, 15) is 9.00 Å². The van der Waals surface area contributed by atoms with Crippen molar-refractivity contribution in [3.8, 4) is 5.88 Å². The number of carbonyl (C=O) groups excluding carboxylic acids is 1. The lowest BCUT2D eigenvalue weighted by Gasteiger charge is -2.31. The summed E-state index contributed by atoms with van der Waals surface area (Å²) in [6.07, 6.45) is 5.44. The number of hydrogen-bond acceptors (Lipinski definition) is 4. The standard InChI is InChI=1S/C19H23N5O3S/c1-10-6-13-7-12-4-3-5-14(12)17(16(10)13)22-19(25)23-28(20,26)15-8-21-24-11(2)9-27-18(15)24/h7-8,10-11H,3-6,9H2,1-2H3,(H3,20,22,23,25,26)/t10-,11-,28?/m1/s1. The van der Waals surface area contributed by atoms with E-state index in [1.165, 1.54) is 28.5 Å². The molecule has 2 aliphatic carbocycles. The van der Waals surface area contributed by atoms with Crippen LogP contribution in [0, 0.1) is 0 Å². The summed E-state index contributed by atoms with van der Waals surface area (Å²) >= 11 is 0. The van der Waals surface area contributed by atoms with E-state index >= 15 is 0 Å². The monoisotopic (exact) mass is 401 g/mol. The third-order valence-corrected chi connectivity index (χ3v) is 7.25. The number of nitrogens with two attached hydrogens (primary N) is 1. The predicted molar refractivity (Wildman–Crippen MR) is 105 cm³/mol. The molecule has 3 N–H and O–H groups in total. The summed E-state index contributed by atoms with van der Waals surface area (Å²) in [6.45, 7) is 4.51. The minimum atomic E-state index is -3.46. The van der Waals surface area contributed by atoms with Gasteiger partial charge in [0.25, 0.3) is 0 Å². The molecular formula is C19H23N5O3S. The summed E-state index contributed by atoms with van der Waals surface area (Å²) in [5.74, 6) is 0.724. The van der Waals surface area contributed by atoms with Crippen molar-refractivity contribution in [3.05, 3.63) is 34.5 Å². The quantitative estimate of drug-likeness (QED) is 0.806. The maximum Gasteiger partial charge on any atom is 0.354 e. The van der Waals surface area contributed by atoms with Crippen LogP contribution in [0.25, 0.3) is 0 Å². The first kappa shape index (κ1) is 17.7. The number of amides is 2. The molecule has 8 nitrogen and oxygen atoms in total. The summed E-state index contributed by atoms with van der Waals surface area (Å²) in [7, 11) is -3.46. The van der Waals surface area contributed by atoms with E-state index in [-0.39, 0.29) is 10.9 Å². The number of urea groups is 1. The number of anilines is 1. The van der Waals surface area contributed by atoms with Crippen LogP contribution in [0.4, 0.5) is 10.5 Å². The lowest BCUT2D eigenvalue weighted by Crippen LogP contribution is -2.23. The first-order valence-corrected chi connectivity index (χ1v) is 11.2. The highest BCUT2D eigenvalue weighted by atomic mass is 32.2. The number of fused-ring (bicyclic) bond motifs is 3. The van der Waals surface area contributed by atoms with Crippen LogP contribution in [0.3, 0.4) is 0 Å². The van der Waals surface area contributed by atoms with Crippen molar-refractivity contribution in [2.24, 2.45) is 9.50 Å². The SMILES string of the molecule is C[C@@H]1Cc2cc3c(c(NC(=O)N=S(N)(=O)c4cnn5c4OC[C@H]5C)c21)CCC3. The second kappa shape index (κ2) is 6.05. The van der Waals surface area contributed by atoms with Gasteiger partial charge in [0.1, 0.15) is 11.5 Å². The van der Waals surface area contributed by atoms with Gasteiger partial charge in [0.05, 0.1) is 12.2 Å². The third kappa shape index (κ3) is 2.56. The minimum absolute atomic E-state index is 0.0278. The molecule has 0 saturated carbocycles. The number of carbonyl (C=O) groups is 1. The van der Waals surface area contributed by atoms with Crippen LogP contribution in [0.15, 0.2) is 21.5 Å². The number of nitrogens with zero attached hydrogens (tertiary/aromatic N) is 3. The molecule has 2 heterocycles. The van der Waals surface area contributed by atoms with Crippen molar-refractivity contribution in [1.29, 1.82) is 0 Å². The smallest absolute Gasteiger partial charge is 0.354 e. The highest BCUT2D eigenvalue weighted by Crippen LogP contribution is 2.45. The second-order valence-electron chi connectivity index (χ2n) is 7.93. The molecule has 9 heteroatoms. The van der Waals surface area contributed by atoms with Gasteiger partial charge in [-0.15, -0.1) is 4.36 Å². The molecule has 0 saturated heterocycles. The molecule has 0 fully saturated rings. The number of benzene rings is 1. The van der Waals surface area contributed by atoms with Gasteiger partial charge in [0, 0.05) is 5.69 Å². The van der Waals surface area contributed by atoms with E-state index in [1.807, 2.05) is 6.92 Å². The topological polar surface area (TPSA) is 112 Å². The van der Waals surface area contributed by atoms with Crippen molar-refractivity contribution in [2.75, 3.05) is 11.9 Å². The Kier molecular flexibility index (Phi) is 3.82. The number of aromatic nitrogens is 2. The molecule has 148 valence electrons. The van der Waals surface area contributed by atoms with Gasteiger partial charge in [-0.3, -0.25) is 0 Å². The van der Waals surface area contributed by atoms with Gasteiger partial charge in [-0.1, -0.05) is 13.0 Å². The van der Waals surface area contributed by atoms with Gasteiger partial charge in [0.15, 0.2) is 9.92 Å². The fourth-order valence-electron chi connectivity index (χ4n) is 4.56. The van der Waals surface area contributed by atoms with Crippen LogP contribution in [-0.4, -0.2) is 26.6 Å². The van der Waals surface area contributed by atoms with Crippen LogP contribution < -0.4 is 15.2 Å². The summed E-state index contributed by atoms with van der Waals surface area (Å²) < 4.78 is 24.0. The number of aryl methyl sites for hydroxylation is 1. The first-order valence-electron chi connectivity index (χ1n) is 9.59. The van der Waals surface area contributed by atoms with Crippen molar-refractivity contribution in [3.63, 3.8) is 0 Å². The summed E-state index contributed by atoms with van der Waals surface area (Å²) in [5, 5.41) is 13.0. The number of nitrogens with one attached hydrogen (secondary N) is 1. The van der Waals surface area contributed by atoms with Crippen LogP contribution in [-0.2, 0) is 29.2 Å². The van der Waals surface area contributed by atoms with Gasteiger partial charge in [-0.25, -0.2) is 18.8 Å². The Balaban J connectivity index is 1.49. The fraction of sp³-hybridized carbons (Fsp3) is 0.474. The Labute approximate surface area is 163 Å². The maximum atomic E-state index is 13.0. The highest BCUT2D eigenvalue weighted by Gasteiger charge is 2.32. The zero-order chi connectivity index (χ0) is 19.6. The normalized spacial score (nSPS) is 23.7. The van der Waals surface area contributed by atoms with Gasteiger partial charge >= 0.3 is 6.03 Å². The predicted octanol–water partition coefficient (Wildman–Crippen LogP) is 2.92. The Bertz CT molecular complexity index is 1130. The largest absolute Gasteiger partial charge is 0.475 e. The zero-order valence-corrected chi connectivity index (χ0v) is 16.7. The maximum absolute atomic E-state index is 13.0. The molecule has 1 aliphatic heterocycles. The molecule has 0 bridgehead atoms. The first-order chi connectivity index (χ1) is 13.3. The zero-order valence-electron chi connectivity index (χ0n) is 15.9. The van der Waals surface area contributed by atoms with Crippen molar-refractivity contribution in [1.82, 2.24) is 9.78 Å². The lowest BCUT2D eigenvalue weighted by atomic mass is 9.75. The van der Waals surface area contributed by atoms with E-state index in [0.29, 0.717) is 18.4 Å². The molecular weight excluding hydrogens is 378 g/mol. The van der Waals surface area contributed by atoms with Gasteiger partial charge in [-0.05, 0) is 60.8 Å². The average molecular weight is 401 g/mol. The number of hydrogen-bond donors (Lipinski definition) is 2. The highest BCUT2D eigenvalue weighted by molar-refractivity contribution is 7.91. The lowest BCUT2D eigenvalue weighted by molar-refractivity contribution is 0.260. The molecule has 1 aromatic carbocycles. The van der Waals surface area contributed by atoms with Gasteiger partial charge in [-0.2, -0.15) is 5.10 Å². The number of rotatable bonds is 2. The summed E-state index contributed by atoms with van der Waals surface area (Å²) in [4.78, 5) is 12.8. The fourth-order valence-corrected chi connectivity index (χ4v) is 5.55. The molecule has 0 spiro atoms. The third-order valence-electron chi connectivity index (χ3n) is 5.91. The minimum Gasteiger partial charge on any atom is -0.475 e. The van der Waals surface area contributed by atoms with E-state index in [1.54, 1.807) is 4.68 Å². The van der Waals surface area contributed by atoms with Crippen LogP contribution in [0.5, 0.6) is 5.88 Å². The Morgan fingerprint density at radius 1 is 1.39 bits per heavy atom. The summed E-state index contributed by atoms with van der Waals surface area (Å²) in [5.41, 5.74) is 5.79. The summed E-state index contributed by atoms with van der Waals surface area (Å²) in [6, 6.07) is 1.60. The average Bonchev–Trinajstić information content (AvgIpc) is 3.31. The van der Waals surface area contributed by atoms with Crippen molar-refractivity contribution in [2.45, 2.75) is 56.4 Å².